The van der Waals surface area contributed by atoms with Crippen LogP contribution in [0.2, 0.25) is 0 Å². The van der Waals surface area contributed by atoms with E-state index in [1.165, 1.54) is 14.2 Å². The quantitative estimate of drug-likeness (QED) is 0.852. The van der Waals surface area contributed by atoms with E-state index in [9.17, 15) is 9.90 Å². The Morgan fingerprint density at radius 2 is 2.13 bits per heavy atom. The van der Waals surface area contributed by atoms with Crippen molar-refractivity contribution < 1.29 is 19.4 Å². The van der Waals surface area contributed by atoms with Gasteiger partial charge in [0.15, 0.2) is 6.10 Å². The van der Waals surface area contributed by atoms with Gasteiger partial charge in [-0.3, -0.25) is 0 Å². The number of ether oxygens (including phenoxy) is 2. The molecule has 1 atom stereocenters. The topological polar surface area (TPSA) is 55.8 Å². The number of rotatable bonds is 3. The van der Waals surface area contributed by atoms with Gasteiger partial charge >= 0.3 is 5.97 Å². The second-order valence-electron chi connectivity index (χ2n) is 2.79. The molecule has 1 aromatic carbocycles. The standard InChI is InChI=1S/C10H11BrO4/c1-14-9-6(4-3-5-7(9)11)8(12)10(13)15-2/h3-5,8,12H,1-2H3. The first-order valence-corrected chi connectivity index (χ1v) is 4.99. The van der Waals surface area contributed by atoms with Gasteiger partial charge in [-0.25, -0.2) is 4.79 Å². The van der Waals surface area contributed by atoms with Crippen LogP contribution in [0.3, 0.4) is 0 Å². The second-order valence-corrected chi connectivity index (χ2v) is 3.64. The summed E-state index contributed by atoms with van der Waals surface area (Å²) in [6.45, 7) is 0. The maximum absolute atomic E-state index is 11.1. The average Bonchev–Trinajstić information content (AvgIpc) is 2.26. The van der Waals surface area contributed by atoms with Gasteiger partial charge in [-0.15, -0.1) is 0 Å². The summed E-state index contributed by atoms with van der Waals surface area (Å²) in [6, 6.07) is 5.06. The molecule has 0 bridgehead atoms. The van der Waals surface area contributed by atoms with Crippen LogP contribution >= 0.6 is 15.9 Å². The van der Waals surface area contributed by atoms with E-state index in [1.807, 2.05) is 0 Å². The van der Waals surface area contributed by atoms with Gasteiger partial charge in [-0.05, 0) is 22.0 Å². The molecule has 0 aliphatic rings. The molecule has 5 heteroatoms. The van der Waals surface area contributed by atoms with E-state index in [2.05, 4.69) is 20.7 Å². The highest BCUT2D eigenvalue weighted by Crippen LogP contribution is 2.33. The van der Waals surface area contributed by atoms with Crippen LogP contribution in [-0.4, -0.2) is 25.3 Å². The van der Waals surface area contributed by atoms with E-state index >= 15 is 0 Å². The lowest BCUT2D eigenvalue weighted by Crippen LogP contribution is -2.14. The van der Waals surface area contributed by atoms with Crippen LogP contribution in [0.4, 0.5) is 0 Å². The third kappa shape index (κ3) is 2.49. The molecule has 0 heterocycles. The van der Waals surface area contributed by atoms with E-state index in [0.29, 0.717) is 15.8 Å². The van der Waals surface area contributed by atoms with Crippen molar-refractivity contribution in [1.82, 2.24) is 0 Å². The molecule has 82 valence electrons. The van der Waals surface area contributed by atoms with Gasteiger partial charge in [0, 0.05) is 5.56 Å². The van der Waals surface area contributed by atoms with Crippen LogP contribution in [0, 0.1) is 0 Å². The number of benzene rings is 1. The molecule has 0 aliphatic carbocycles. The number of carbonyl (C=O) groups excluding carboxylic acids is 1. The van der Waals surface area contributed by atoms with Crippen molar-refractivity contribution in [3.8, 4) is 5.75 Å². The molecular formula is C10H11BrO4. The van der Waals surface area contributed by atoms with Crippen LogP contribution in [0.1, 0.15) is 11.7 Å². The molecule has 0 radical (unpaired) electrons. The fraction of sp³-hybridized carbons (Fsp3) is 0.300. The minimum absolute atomic E-state index is 0.374. The van der Waals surface area contributed by atoms with Gasteiger partial charge < -0.3 is 14.6 Å². The Bertz CT molecular complexity index is 364. The molecule has 1 aromatic rings. The highest BCUT2D eigenvalue weighted by Gasteiger charge is 2.22. The number of esters is 1. The van der Waals surface area contributed by atoms with E-state index < -0.39 is 12.1 Å². The zero-order valence-corrected chi connectivity index (χ0v) is 9.95. The van der Waals surface area contributed by atoms with E-state index in [1.54, 1.807) is 18.2 Å². The highest BCUT2D eigenvalue weighted by atomic mass is 79.9. The van der Waals surface area contributed by atoms with Crippen molar-refractivity contribution in [1.29, 1.82) is 0 Å². The molecule has 0 amide bonds. The lowest BCUT2D eigenvalue weighted by atomic mass is 10.1. The number of para-hydroxylation sites is 1. The zero-order valence-electron chi connectivity index (χ0n) is 8.36. The van der Waals surface area contributed by atoms with Gasteiger partial charge in [0.25, 0.3) is 0 Å². The van der Waals surface area contributed by atoms with Crippen molar-refractivity contribution in [3.05, 3.63) is 28.2 Å². The molecule has 0 saturated carbocycles. The summed E-state index contributed by atoms with van der Waals surface area (Å²) in [7, 11) is 2.68. The molecule has 0 saturated heterocycles. The Labute approximate surface area is 95.9 Å². The summed E-state index contributed by atoms with van der Waals surface area (Å²) < 4.78 is 10.2. The normalized spacial score (nSPS) is 12.0. The SMILES string of the molecule is COC(=O)C(O)c1cccc(Br)c1OC. The Kier molecular flexibility index (Phi) is 4.11. The lowest BCUT2D eigenvalue weighted by Gasteiger charge is -2.13. The third-order valence-corrected chi connectivity index (χ3v) is 2.55. The van der Waals surface area contributed by atoms with Crippen molar-refractivity contribution >= 4 is 21.9 Å². The summed E-state index contributed by atoms with van der Waals surface area (Å²) in [4.78, 5) is 11.1. The zero-order chi connectivity index (χ0) is 11.4. The molecule has 1 N–H and O–H groups in total. The van der Waals surface area contributed by atoms with Crippen LogP contribution in [0.25, 0.3) is 0 Å². The highest BCUT2D eigenvalue weighted by molar-refractivity contribution is 9.10. The maximum Gasteiger partial charge on any atom is 0.339 e. The molecule has 0 aliphatic heterocycles. The minimum atomic E-state index is -1.33. The first kappa shape index (κ1) is 12.0. The molecule has 4 nitrogen and oxygen atoms in total. The predicted octanol–water partition coefficient (Wildman–Crippen LogP) is 1.66. The molecule has 0 aromatic heterocycles. The number of hydrogen-bond acceptors (Lipinski definition) is 4. The van der Waals surface area contributed by atoms with E-state index in [0.717, 1.165) is 0 Å². The van der Waals surface area contributed by atoms with Gasteiger partial charge in [-0.2, -0.15) is 0 Å². The van der Waals surface area contributed by atoms with Crippen molar-refractivity contribution in [2.24, 2.45) is 0 Å². The fourth-order valence-corrected chi connectivity index (χ4v) is 1.74. The smallest absolute Gasteiger partial charge is 0.339 e. The van der Waals surface area contributed by atoms with Crippen LogP contribution in [-0.2, 0) is 9.53 Å². The van der Waals surface area contributed by atoms with Gasteiger partial charge in [0.05, 0.1) is 18.7 Å². The van der Waals surface area contributed by atoms with E-state index in [-0.39, 0.29) is 0 Å². The number of carbonyl (C=O) groups is 1. The third-order valence-electron chi connectivity index (χ3n) is 1.92. The Morgan fingerprint density at radius 3 is 2.67 bits per heavy atom. The van der Waals surface area contributed by atoms with Crippen LogP contribution in [0.5, 0.6) is 5.75 Å². The average molecular weight is 275 g/mol. The molecule has 0 fully saturated rings. The molecule has 1 unspecified atom stereocenters. The molecule has 15 heavy (non-hydrogen) atoms. The van der Waals surface area contributed by atoms with Crippen LogP contribution in [0.15, 0.2) is 22.7 Å². The molecule has 1 rings (SSSR count). The number of aliphatic hydroxyl groups excluding tert-OH is 1. The molecule has 0 spiro atoms. The summed E-state index contributed by atoms with van der Waals surface area (Å²) in [5.74, 6) is -0.290. The van der Waals surface area contributed by atoms with E-state index in [4.69, 9.17) is 4.74 Å². The summed E-state index contributed by atoms with van der Waals surface area (Å²) in [5.41, 5.74) is 0.374. The van der Waals surface area contributed by atoms with Crippen molar-refractivity contribution in [2.75, 3.05) is 14.2 Å². The van der Waals surface area contributed by atoms with Crippen molar-refractivity contribution in [2.45, 2.75) is 6.10 Å². The second kappa shape index (κ2) is 5.14. The molecular weight excluding hydrogens is 264 g/mol. The van der Waals surface area contributed by atoms with Gasteiger partial charge in [0.2, 0.25) is 0 Å². The lowest BCUT2D eigenvalue weighted by molar-refractivity contribution is -0.150. The van der Waals surface area contributed by atoms with Gasteiger partial charge in [-0.1, -0.05) is 12.1 Å². The number of hydrogen-bond donors (Lipinski definition) is 1. The van der Waals surface area contributed by atoms with Gasteiger partial charge in [0.1, 0.15) is 5.75 Å². The monoisotopic (exact) mass is 274 g/mol. The summed E-state index contributed by atoms with van der Waals surface area (Å²) in [5, 5.41) is 9.65. The summed E-state index contributed by atoms with van der Waals surface area (Å²) in [6.07, 6.45) is -1.33. The predicted molar refractivity (Wildman–Crippen MR) is 57.7 cm³/mol. The first-order chi connectivity index (χ1) is 7.11. The first-order valence-electron chi connectivity index (χ1n) is 4.20. The largest absolute Gasteiger partial charge is 0.495 e. The Morgan fingerprint density at radius 1 is 1.47 bits per heavy atom. The van der Waals surface area contributed by atoms with Crippen LogP contribution < -0.4 is 4.74 Å². The maximum atomic E-state index is 11.1. The number of methoxy groups -OCH3 is 2. The number of halogens is 1. The number of aliphatic hydroxyl groups is 1. The Balaban J connectivity index is 3.13. The fourth-order valence-electron chi connectivity index (χ4n) is 1.19. The minimum Gasteiger partial charge on any atom is -0.495 e. The van der Waals surface area contributed by atoms with Crippen molar-refractivity contribution in [3.63, 3.8) is 0 Å². The Hall–Kier alpha value is -1.07. The summed E-state index contributed by atoms with van der Waals surface area (Å²) >= 11 is 3.26.